The number of rotatable bonds is 2. The molecule has 0 amide bonds. The van der Waals surface area contributed by atoms with E-state index in [-0.39, 0.29) is 5.55 Å². The van der Waals surface area contributed by atoms with Crippen molar-refractivity contribution >= 4 is 22.3 Å². The van der Waals surface area contributed by atoms with Gasteiger partial charge in [0.1, 0.15) is 5.58 Å². The Hall–Kier alpha value is -2.99. The normalized spacial score (nSPS) is 10.7. The van der Waals surface area contributed by atoms with Gasteiger partial charge in [-0.15, -0.1) is 0 Å². The summed E-state index contributed by atoms with van der Waals surface area (Å²) in [6, 6.07) is 12.2. The summed E-state index contributed by atoms with van der Waals surface area (Å²) in [5, 5.41) is 8.86. The Bertz CT molecular complexity index is 886. The number of fused-ring (bicyclic) bond motifs is 1. The molecule has 1 aromatic heterocycles. The minimum absolute atomic E-state index is 0.00754. The molecule has 6 nitrogen and oxygen atoms in total. The molecule has 0 saturated heterocycles. The Morgan fingerprint density at radius 3 is 2.48 bits per heavy atom. The van der Waals surface area contributed by atoms with E-state index in [4.69, 9.17) is 27.2 Å². The van der Waals surface area contributed by atoms with Gasteiger partial charge in [0.05, 0.1) is 0 Å². The Morgan fingerprint density at radius 2 is 1.76 bits per heavy atom. The summed E-state index contributed by atoms with van der Waals surface area (Å²) in [5.41, 5.74) is 14.6. The summed E-state index contributed by atoms with van der Waals surface area (Å²) in [6.45, 7) is 0. The Balaban J connectivity index is 2.24. The number of anilines is 2. The quantitative estimate of drug-likeness (QED) is 0.422. The summed E-state index contributed by atoms with van der Waals surface area (Å²) in [5.74, 6) is 5.58. The first-order valence-corrected chi connectivity index (χ1v) is 6.23. The molecule has 0 saturated carbocycles. The monoisotopic (exact) mass is 282 g/mol. The first-order chi connectivity index (χ1) is 10.1. The molecule has 1 heterocycles. The number of benzene rings is 2. The zero-order valence-electron chi connectivity index (χ0n) is 11.1. The van der Waals surface area contributed by atoms with E-state index in [0.717, 1.165) is 5.39 Å². The van der Waals surface area contributed by atoms with Crippen LogP contribution in [0.15, 0.2) is 46.9 Å². The lowest BCUT2D eigenvalue weighted by Gasteiger charge is -2.08. The summed E-state index contributed by atoms with van der Waals surface area (Å²) in [6.07, 6.45) is 0. The molecule has 3 rings (SSSR count). The summed E-state index contributed by atoms with van der Waals surface area (Å²) < 4.78 is 5.52. The van der Waals surface area contributed by atoms with Crippen molar-refractivity contribution in [3.63, 3.8) is 0 Å². The molecule has 0 spiro atoms. The van der Waals surface area contributed by atoms with E-state index in [1.54, 1.807) is 36.4 Å². The number of nitrogens with two attached hydrogens (primary N) is 3. The maximum absolute atomic E-state index is 8.04. The van der Waals surface area contributed by atoms with Crippen LogP contribution in [0, 0.1) is 5.41 Å². The van der Waals surface area contributed by atoms with Gasteiger partial charge in [0.15, 0.2) is 5.75 Å². The van der Waals surface area contributed by atoms with Crippen LogP contribution in [0.25, 0.3) is 22.1 Å². The number of hydrogen-bond donors (Lipinski definition) is 4. The highest BCUT2D eigenvalue weighted by atomic mass is 16.6. The summed E-state index contributed by atoms with van der Waals surface area (Å²) in [7, 11) is 0. The Kier molecular flexibility index (Phi) is 3.00. The molecule has 21 heavy (non-hydrogen) atoms. The minimum atomic E-state index is 0.00754. The highest BCUT2D eigenvalue weighted by Crippen LogP contribution is 2.28. The minimum Gasteiger partial charge on any atom is -0.438 e. The lowest BCUT2D eigenvalue weighted by Crippen LogP contribution is -2.06. The van der Waals surface area contributed by atoms with Crippen LogP contribution in [-0.2, 0) is 0 Å². The third kappa shape index (κ3) is 2.28. The molecule has 0 fully saturated rings. The van der Waals surface area contributed by atoms with Gasteiger partial charge in [-0.2, -0.15) is 5.90 Å². The van der Waals surface area contributed by atoms with Gasteiger partial charge >= 0.3 is 0 Å². The van der Waals surface area contributed by atoms with E-state index in [0.29, 0.717) is 33.8 Å². The average Bonchev–Trinajstić information content (AvgIpc) is 2.46. The van der Waals surface area contributed by atoms with Crippen LogP contribution < -0.4 is 27.8 Å². The molecule has 0 unspecified atom stereocenters. The van der Waals surface area contributed by atoms with Crippen LogP contribution in [0.5, 0.6) is 5.75 Å². The number of nitrogens with one attached hydrogen (secondary N) is 1. The summed E-state index contributed by atoms with van der Waals surface area (Å²) >= 11 is 0. The fourth-order valence-corrected chi connectivity index (χ4v) is 2.21. The topological polar surface area (TPSA) is 124 Å². The van der Waals surface area contributed by atoms with Crippen LogP contribution in [0.1, 0.15) is 0 Å². The fourth-order valence-electron chi connectivity index (χ4n) is 2.21. The van der Waals surface area contributed by atoms with Gasteiger partial charge in [-0.3, -0.25) is 5.41 Å². The average molecular weight is 282 g/mol. The van der Waals surface area contributed by atoms with Gasteiger partial charge in [0, 0.05) is 34.0 Å². The molecule has 0 atom stereocenters. The zero-order valence-corrected chi connectivity index (χ0v) is 11.1. The van der Waals surface area contributed by atoms with Crippen LogP contribution in [0.4, 0.5) is 11.4 Å². The standard InChI is InChI=1S/C15H14N4O2/c16-9-2-4-11(13(17)6-9)12-5-8-1-3-10(21-19)7-14(8)20-15(12)18/h1-7,18H,16-17,19H2. The first-order valence-electron chi connectivity index (χ1n) is 6.23. The molecule has 0 aliphatic carbocycles. The van der Waals surface area contributed by atoms with E-state index in [1.165, 1.54) is 0 Å². The molecule has 0 aliphatic heterocycles. The van der Waals surface area contributed by atoms with Gasteiger partial charge < -0.3 is 20.7 Å². The van der Waals surface area contributed by atoms with Crippen LogP contribution in [0.2, 0.25) is 0 Å². The van der Waals surface area contributed by atoms with E-state index in [1.807, 2.05) is 6.07 Å². The van der Waals surface area contributed by atoms with Crippen molar-refractivity contribution < 1.29 is 9.25 Å². The highest BCUT2D eigenvalue weighted by Gasteiger charge is 2.09. The first kappa shape index (κ1) is 13.0. The smallest absolute Gasteiger partial charge is 0.219 e. The second-order valence-corrected chi connectivity index (χ2v) is 4.65. The van der Waals surface area contributed by atoms with Crippen molar-refractivity contribution in [1.82, 2.24) is 0 Å². The lowest BCUT2D eigenvalue weighted by molar-refractivity contribution is 0.334. The van der Waals surface area contributed by atoms with Crippen molar-refractivity contribution in [1.29, 1.82) is 5.41 Å². The van der Waals surface area contributed by atoms with Gasteiger partial charge in [-0.25, -0.2) is 0 Å². The predicted octanol–water partition coefficient (Wildman–Crippen LogP) is 2.00. The van der Waals surface area contributed by atoms with E-state index in [9.17, 15) is 0 Å². The van der Waals surface area contributed by atoms with E-state index < -0.39 is 0 Å². The van der Waals surface area contributed by atoms with Gasteiger partial charge in [-0.05, 0) is 30.3 Å². The largest absolute Gasteiger partial charge is 0.438 e. The fraction of sp³-hybridized carbons (Fsp3) is 0. The zero-order chi connectivity index (χ0) is 15.0. The molecular weight excluding hydrogens is 268 g/mol. The second-order valence-electron chi connectivity index (χ2n) is 4.65. The molecule has 7 N–H and O–H groups in total. The maximum atomic E-state index is 8.04. The van der Waals surface area contributed by atoms with Crippen molar-refractivity contribution in [3.8, 4) is 16.9 Å². The SMILES string of the molecule is N=c1oc2cc(ON)ccc2cc1-c1ccc(N)cc1N. The van der Waals surface area contributed by atoms with Crippen molar-refractivity contribution in [2.45, 2.75) is 0 Å². The van der Waals surface area contributed by atoms with E-state index >= 15 is 0 Å². The van der Waals surface area contributed by atoms with Crippen molar-refractivity contribution in [3.05, 3.63) is 48.0 Å². The van der Waals surface area contributed by atoms with Crippen LogP contribution in [-0.4, -0.2) is 0 Å². The number of hydrogen-bond acceptors (Lipinski definition) is 6. The maximum Gasteiger partial charge on any atom is 0.219 e. The van der Waals surface area contributed by atoms with Crippen LogP contribution in [0.3, 0.4) is 0 Å². The molecule has 3 aromatic rings. The molecule has 6 heteroatoms. The third-order valence-corrected chi connectivity index (χ3v) is 3.24. The molecular formula is C15H14N4O2. The predicted molar refractivity (Wildman–Crippen MR) is 81.1 cm³/mol. The molecule has 0 aliphatic rings. The van der Waals surface area contributed by atoms with Crippen molar-refractivity contribution in [2.24, 2.45) is 5.90 Å². The highest BCUT2D eigenvalue weighted by molar-refractivity contribution is 5.86. The van der Waals surface area contributed by atoms with Crippen LogP contribution >= 0.6 is 0 Å². The van der Waals surface area contributed by atoms with Gasteiger partial charge in [0.25, 0.3) is 0 Å². The van der Waals surface area contributed by atoms with Gasteiger partial charge in [0.2, 0.25) is 5.55 Å². The van der Waals surface area contributed by atoms with E-state index in [2.05, 4.69) is 4.84 Å². The third-order valence-electron chi connectivity index (χ3n) is 3.24. The van der Waals surface area contributed by atoms with Crippen molar-refractivity contribution in [2.75, 3.05) is 11.5 Å². The molecule has 2 aromatic carbocycles. The molecule has 106 valence electrons. The molecule has 0 radical (unpaired) electrons. The van der Waals surface area contributed by atoms with Gasteiger partial charge in [-0.1, -0.05) is 6.07 Å². The second kappa shape index (κ2) is 4.84. The Labute approximate surface area is 120 Å². The molecule has 0 bridgehead atoms. The number of nitrogen functional groups attached to an aromatic ring is 2. The summed E-state index contributed by atoms with van der Waals surface area (Å²) in [4.78, 5) is 4.65. The lowest BCUT2D eigenvalue weighted by atomic mass is 10.0. The Morgan fingerprint density at radius 1 is 0.952 bits per heavy atom.